The van der Waals surface area contributed by atoms with Crippen LogP contribution in [0.1, 0.15) is 5.56 Å². The third-order valence-corrected chi connectivity index (χ3v) is 5.81. The second-order valence-electron chi connectivity index (χ2n) is 5.85. The number of piperazine rings is 1. The zero-order valence-electron chi connectivity index (χ0n) is 14.2. The highest BCUT2D eigenvalue weighted by molar-refractivity contribution is 7.92. The van der Waals surface area contributed by atoms with Crippen molar-refractivity contribution in [3.8, 4) is 5.75 Å². The Labute approximate surface area is 149 Å². The lowest BCUT2D eigenvalue weighted by Gasteiger charge is -2.34. The van der Waals surface area contributed by atoms with Gasteiger partial charge in [0.05, 0.1) is 7.11 Å². The van der Waals surface area contributed by atoms with Gasteiger partial charge in [0.15, 0.2) is 0 Å². The number of benzene rings is 2. The first-order chi connectivity index (χ1) is 12.1. The van der Waals surface area contributed by atoms with E-state index in [4.69, 9.17) is 4.74 Å². The lowest BCUT2D eigenvalue weighted by molar-refractivity contribution is 0.389. The zero-order chi connectivity index (χ0) is 17.7. The van der Waals surface area contributed by atoms with Gasteiger partial charge in [0.25, 0.3) is 0 Å². The summed E-state index contributed by atoms with van der Waals surface area (Å²) in [6.45, 7) is 2.26. The summed E-state index contributed by atoms with van der Waals surface area (Å²) in [5.41, 5.74) is 1.93. The molecule has 1 saturated heterocycles. The fraction of sp³-hybridized carbons (Fsp3) is 0.263. The Balaban J connectivity index is 1.64. The number of methoxy groups -OCH3 is 1. The number of rotatable bonds is 5. The first-order valence-corrected chi connectivity index (χ1v) is 9.71. The van der Waals surface area contributed by atoms with Crippen molar-refractivity contribution in [3.05, 3.63) is 65.6 Å². The van der Waals surface area contributed by atoms with Crippen LogP contribution >= 0.6 is 0 Å². The SMILES string of the molecule is COc1cccc(N2CCN(S(=O)(=O)/C=C/c3ccccc3)CC2)c1. The molecule has 0 atom stereocenters. The Morgan fingerprint density at radius 2 is 1.68 bits per heavy atom. The van der Waals surface area contributed by atoms with E-state index in [0.717, 1.165) is 17.0 Å². The zero-order valence-corrected chi connectivity index (χ0v) is 15.0. The van der Waals surface area contributed by atoms with Crippen molar-refractivity contribution in [1.82, 2.24) is 4.31 Å². The van der Waals surface area contributed by atoms with Crippen LogP contribution < -0.4 is 9.64 Å². The van der Waals surface area contributed by atoms with Crippen LogP contribution in [0.3, 0.4) is 0 Å². The quantitative estimate of drug-likeness (QED) is 0.825. The summed E-state index contributed by atoms with van der Waals surface area (Å²) in [6.07, 6.45) is 1.64. The highest BCUT2D eigenvalue weighted by atomic mass is 32.2. The average Bonchev–Trinajstić information content (AvgIpc) is 2.67. The highest BCUT2D eigenvalue weighted by Gasteiger charge is 2.25. The number of hydrogen-bond donors (Lipinski definition) is 0. The van der Waals surface area contributed by atoms with Gasteiger partial charge < -0.3 is 9.64 Å². The van der Waals surface area contributed by atoms with Gasteiger partial charge in [-0.1, -0.05) is 36.4 Å². The van der Waals surface area contributed by atoms with Gasteiger partial charge in [0.2, 0.25) is 10.0 Å². The minimum absolute atomic E-state index is 0.471. The van der Waals surface area contributed by atoms with Crippen LogP contribution in [-0.4, -0.2) is 46.0 Å². The van der Waals surface area contributed by atoms with Crippen molar-refractivity contribution in [2.45, 2.75) is 0 Å². The molecular formula is C19H22N2O3S. The number of hydrogen-bond acceptors (Lipinski definition) is 4. The van der Waals surface area contributed by atoms with Gasteiger partial charge in [-0.15, -0.1) is 0 Å². The molecule has 0 saturated carbocycles. The van der Waals surface area contributed by atoms with E-state index in [-0.39, 0.29) is 0 Å². The second-order valence-corrected chi connectivity index (χ2v) is 7.66. The maximum Gasteiger partial charge on any atom is 0.236 e. The lowest BCUT2D eigenvalue weighted by Crippen LogP contribution is -2.48. The summed E-state index contributed by atoms with van der Waals surface area (Å²) < 4.78 is 31.8. The van der Waals surface area contributed by atoms with Crippen LogP contribution in [0, 0.1) is 0 Å². The fourth-order valence-electron chi connectivity index (χ4n) is 2.82. The molecule has 1 aliphatic heterocycles. The summed E-state index contributed by atoms with van der Waals surface area (Å²) in [4.78, 5) is 2.18. The summed E-state index contributed by atoms with van der Waals surface area (Å²) in [7, 11) is -1.76. The van der Waals surface area contributed by atoms with E-state index in [1.165, 1.54) is 9.71 Å². The summed E-state index contributed by atoms with van der Waals surface area (Å²) in [5, 5.41) is 1.30. The van der Waals surface area contributed by atoms with E-state index in [9.17, 15) is 8.42 Å². The van der Waals surface area contributed by atoms with Gasteiger partial charge in [-0.05, 0) is 23.8 Å². The third kappa shape index (κ3) is 4.41. The van der Waals surface area contributed by atoms with E-state index in [1.54, 1.807) is 13.2 Å². The molecule has 0 aromatic heterocycles. The Kier molecular flexibility index (Phi) is 5.40. The van der Waals surface area contributed by atoms with Crippen LogP contribution in [0.15, 0.2) is 60.0 Å². The van der Waals surface area contributed by atoms with Crippen LogP contribution in [0.4, 0.5) is 5.69 Å². The molecule has 0 aliphatic carbocycles. The monoisotopic (exact) mass is 358 g/mol. The summed E-state index contributed by atoms with van der Waals surface area (Å²) >= 11 is 0. The van der Waals surface area contributed by atoms with Crippen LogP contribution in [0.25, 0.3) is 6.08 Å². The minimum atomic E-state index is -3.40. The van der Waals surface area contributed by atoms with Crippen molar-refractivity contribution < 1.29 is 13.2 Å². The first kappa shape index (κ1) is 17.5. The molecule has 1 aliphatic rings. The second kappa shape index (κ2) is 7.72. The van der Waals surface area contributed by atoms with Gasteiger partial charge in [-0.25, -0.2) is 8.42 Å². The molecule has 3 rings (SSSR count). The van der Waals surface area contributed by atoms with E-state index in [0.29, 0.717) is 26.2 Å². The summed E-state index contributed by atoms with van der Waals surface area (Å²) in [6, 6.07) is 17.3. The number of sulfonamides is 1. The smallest absolute Gasteiger partial charge is 0.236 e. The molecule has 25 heavy (non-hydrogen) atoms. The fourth-order valence-corrected chi connectivity index (χ4v) is 4.00. The highest BCUT2D eigenvalue weighted by Crippen LogP contribution is 2.23. The van der Waals surface area contributed by atoms with Crippen molar-refractivity contribution in [2.75, 3.05) is 38.2 Å². The molecule has 6 heteroatoms. The summed E-state index contributed by atoms with van der Waals surface area (Å²) in [5.74, 6) is 0.804. The number of nitrogens with zero attached hydrogens (tertiary/aromatic N) is 2. The van der Waals surface area contributed by atoms with Gasteiger partial charge in [0, 0.05) is 43.3 Å². The van der Waals surface area contributed by atoms with Gasteiger partial charge in [-0.2, -0.15) is 4.31 Å². The van der Waals surface area contributed by atoms with E-state index < -0.39 is 10.0 Å². The van der Waals surface area contributed by atoms with Crippen molar-refractivity contribution in [3.63, 3.8) is 0 Å². The van der Waals surface area contributed by atoms with E-state index >= 15 is 0 Å². The molecule has 0 bridgehead atoms. The third-order valence-electron chi connectivity index (χ3n) is 4.25. The van der Waals surface area contributed by atoms with Crippen molar-refractivity contribution >= 4 is 21.8 Å². The van der Waals surface area contributed by atoms with E-state index in [1.807, 2.05) is 54.6 Å². The molecule has 0 N–H and O–H groups in total. The Morgan fingerprint density at radius 3 is 2.36 bits per heavy atom. The Hall–Kier alpha value is -2.31. The average molecular weight is 358 g/mol. The van der Waals surface area contributed by atoms with Gasteiger partial charge >= 0.3 is 0 Å². The van der Waals surface area contributed by atoms with Gasteiger partial charge in [-0.3, -0.25) is 0 Å². The minimum Gasteiger partial charge on any atom is -0.497 e. The molecule has 2 aromatic carbocycles. The van der Waals surface area contributed by atoms with Crippen molar-refractivity contribution in [1.29, 1.82) is 0 Å². The first-order valence-electron chi connectivity index (χ1n) is 8.21. The molecule has 0 unspecified atom stereocenters. The van der Waals surface area contributed by atoms with Crippen LogP contribution in [0.2, 0.25) is 0 Å². The lowest BCUT2D eigenvalue weighted by atomic mass is 10.2. The largest absolute Gasteiger partial charge is 0.497 e. The normalized spacial score (nSPS) is 16.3. The molecule has 0 radical (unpaired) electrons. The Morgan fingerprint density at radius 1 is 0.960 bits per heavy atom. The van der Waals surface area contributed by atoms with Crippen LogP contribution in [-0.2, 0) is 10.0 Å². The van der Waals surface area contributed by atoms with Crippen LogP contribution in [0.5, 0.6) is 5.75 Å². The molecule has 1 heterocycles. The topological polar surface area (TPSA) is 49.9 Å². The molecular weight excluding hydrogens is 336 g/mol. The van der Waals surface area contributed by atoms with E-state index in [2.05, 4.69) is 4.90 Å². The van der Waals surface area contributed by atoms with Crippen molar-refractivity contribution in [2.24, 2.45) is 0 Å². The van der Waals surface area contributed by atoms with Gasteiger partial charge in [0.1, 0.15) is 5.75 Å². The predicted molar refractivity (Wildman–Crippen MR) is 101 cm³/mol. The maximum absolute atomic E-state index is 12.5. The molecule has 2 aromatic rings. The molecule has 1 fully saturated rings. The molecule has 132 valence electrons. The standard InChI is InChI=1S/C19H22N2O3S/c1-24-19-9-5-8-18(16-19)20-11-13-21(14-12-20)25(22,23)15-10-17-6-3-2-4-7-17/h2-10,15-16H,11-14H2,1H3/b15-10+. The number of ether oxygens (including phenoxy) is 1. The maximum atomic E-state index is 12.5. The molecule has 0 amide bonds. The Bertz CT molecular complexity index is 827. The molecule has 0 spiro atoms. The number of anilines is 1. The molecule has 5 nitrogen and oxygen atoms in total. The predicted octanol–water partition coefficient (Wildman–Crippen LogP) is 2.82.